The van der Waals surface area contributed by atoms with Crippen molar-refractivity contribution in [3.63, 3.8) is 0 Å². The number of ketones is 1. The number of nitrogens with zero attached hydrogens (tertiary/aromatic N) is 1. The Morgan fingerprint density at radius 3 is 2.32 bits per heavy atom. The Kier molecular flexibility index (Phi) is 3.25. The second-order valence-corrected chi connectivity index (χ2v) is 3.86. The number of nitrogens with two attached hydrogens (primary N) is 1. The first-order chi connectivity index (χ1) is 8.89. The summed E-state index contributed by atoms with van der Waals surface area (Å²) in [6.45, 7) is 0. The van der Waals surface area contributed by atoms with Crippen molar-refractivity contribution in [2.75, 3.05) is 5.73 Å². The molecule has 0 bridgehead atoms. The van der Waals surface area contributed by atoms with E-state index in [1.54, 1.807) is 0 Å². The summed E-state index contributed by atoms with van der Waals surface area (Å²) in [5, 5.41) is 0. The highest BCUT2D eigenvalue weighted by molar-refractivity contribution is 6.12. The van der Waals surface area contributed by atoms with Gasteiger partial charge in [-0.3, -0.25) is 9.78 Å². The van der Waals surface area contributed by atoms with Gasteiger partial charge in [-0.15, -0.1) is 0 Å². The standard InChI is InChI=1S/C13H9F3N2O/c14-13(15,16)9-1-2-11(17)10(7-9)12(19)8-3-5-18-6-4-8/h1-7H,17H2. The highest BCUT2D eigenvalue weighted by Crippen LogP contribution is 2.31. The van der Waals surface area contributed by atoms with Crippen molar-refractivity contribution in [3.8, 4) is 0 Å². The van der Waals surface area contributed by atoms with Crippen LogP contribution in [0.25, 0.3) is 0 Å². The molecular formula is C13H9F3N2O. The van der Waals surface area contributed by atoms with Gasteiger partial charge in [0, 0.05) is 29.2 Å². The molecule has 0 aliphatic carbocycles. The minimum atomic E-state index is -4.51. The summed E-state index contributed by atoms with van der Waals surface area (Å²) in [5.74, 6) is -0.564. The van der Waals surface area contributed by atoms with Crippen LogP contribution >= 0.6 is 0 Å². The van der Waals surface area contributed by atoms with E-state index in [1.807, 2.05) is 0 Å². The molecule has 0 aliphatic rings. The van der Waals surface area contributed by atoms with Crippen LogP contribution in [0.2, 0.25) is 0 Å². The Bertz CT molecular complexity index is 609. The first-order valence-corrected chi connectivity index (χ1v) is 5.31. The van der Waals surface area contributed by atoms with Gasteiger partial charge >= 0.3 is 6.18 Å². The Labute approximate surface area is 106 Å². The molecule has 1 heterocycles. The lowest BCUT2D eigenvalue weighted by atomic mass is 10.00. The molecule has 0 fully saturated rings. The van der Waals surface area contributed by atoms with E-state index in [-0.39, 0.29) is 16.8 Å². The molecule has 0 saturated heterocycles. The van der Waals surface area contributed by atoms with Crippen LogP contribution in [0.15, 0.2) is 42.7 Å². The molecule has 0 saturated carbocycles. The number of pyridine rings is 1. The van der Waals surface area contributed by atoms with E-state index >= 15 is 0 Å². The lowest BCUT2D eigenvalue weighted by Crippen LogP contribution is -2.10. The van der Waals surface area contributed by atoms with Gasteiger partial charge in [0.2, 0.25) is 0 Å². The van der Waals surface area contributed by atoms with E-state index in [1.165, 1.54) is 24.5 Å². The zero-order valence-electron chi connectivity index (χ0n) is 9.61. The number of carbonyl (C=O) groups excluding carboxylic acids is 1. The molecule has 0 atom stereocenters. The number of hydrogen-bond acceptors (Lipinski definition) is 3. The molecule has 2 N–H and O–H groups in total. The van der Waals surface area contributed by atoms with Gasteiger partial charge in [0.1, 0.15) is 0 Å². The van der Waals surface area contributed by atoms with E-state index in [4.69, 9.17) is 5.73 Å². The van der Waals surface area contributed by atoms with Crippen LogP contribution in [0.5, 0.6) is 0 Å². The van der Waals surface area contributed by atoms with Gasteiger partial charge in [0.25, 0.3) is 0 Å². The molecule has 2 rings (SSSR count). The van der Waals surface area contributed by atoms with Crippen molar-refractivity contribution < 1.29 is 18.0 Å². The largest absolute Gasteiger partial charge is 0.416 e. The molecule has 1 aromatic heterocycles. The maximum Gasteiger partial charge on any atom is 0.416 e. The molecule has 3 nitrogen and oxygen atoms in total. The van der Waals surface area contributed by atoms with Crippen molar-refractivity contribution >= 4 is 11.5 Å². The summed E-state index contributed by atoms with van der Waals surface area (Å²) in [7, 11) is 0. The number of carbonyl (C=O) groups is 1. The summed E-state index contributed by atoms with van der Waals surface area (Å²) in [6, 6.07) is 5.53. The number of hydrogen-bond donors (Lipinski definition) is 1. The van der Waals surface area contributed by atoms with Crippen LogP contribution in [0.4, 0.5) is 18.9 Å². The summed E-state index contributed by atoms with van der Waals surface area (Å²) in [5.41, 5.74) is 4.74. The van der Waals surface area contributed by atoms with Gasteiger partial charge in [0.15, 0.2) is 5.78 Å². The minimum absolute atomic E-state index is 0.00909. The third kappa shape index (κ3) is 2.73. The average molecular weight is 266 g/mol. The first-order valence-electron chi connectivity index (χ1n) is 5.31. The fourth-order valence-corrected chi connectivity index (χ4v) is 1.59. The zero-order valence-corrected chi connectivity index (χ0v) is 9.61. The number of nitrogen functional groups attached to an aromatic ring is 1. The fourth-order valence-electron chi connectivity index (χ4n) is 1.59. The Balaban J connectivity index is 2.48. The Morgan fingerprint density at radius 2 is 1.74 bits per heavy atom. The van der Waals surface area contributed by atoms with Crippen LogP contribution in [-0.2, 0) is 6.18 Å². The molecule has 0 amide bonds. The monoisotopic (exact) mass is 266 g/mol. The summed E-state index contributed by atoms with van der Waals surface area (Å²) in [4.78, 5) is 15.8. The van der Waals surface area contributed by atoms with E-state index in [0.29, 0.717) is 0 Å². The summed E-state index contributed by atoms with van der Waals surface area (Å²) < 4.78 is 37.8. The molecule has 1 aromatic carbocycles. The van der Waals surface area contributed by atoms with Gasteiger partial charge in [-0.2, -0.15) is 13.2 Å². The van der Waals surface area contributed by atoms with Gasteiger partial charge in [-0.1, -0.05) is 0 Å². The van der Waals surface area contributed by atoms with Crippen LogP contribution in [0, 0.1) is 0 Å². The molecule has 98 valence electrons. The number of halogens is 3. The first kappa shape index (κ1) is 13.1. The van der Waals surface area contributed by atoms with E-state index < -0.39 is 17.5 Å². The predicted molar refractivity (Wildman–Crippen MR) is 63.5 cm³/mol. The van der Waals surface area contributed by atoms with Crippen LogP contribution in [-0.4, -0.2) is 10.8 Å². The number of anilines is 1. The lowest BCUT2D eigenvalue weighted by Gasteiger charge is -2.10. The SMILES string of the molecule is Nc1ccc(C(F)(F)F)cc1C(=O)c1ccncc1. The van der Waals surface area contributed by atoms with Crippen LogP contribution in [0.1, 0.15) is 21.5 Å². The van der Waals surface area contributed by atoms with Crippen LogP contribution < -0.4 is 5.73 Å². The van der Waals surface area contributed by atoms with Gasteiger partial charge in [0.05, 0.1) is 5.56 Å². The van der Waals surface area contributed by atoms with E-state index in [0.717, 1.165) is 18.2 Å². The number of alkyl halides is 3. The smallest absolute Gasteiger partial charge is 0.398 e. The Morgan fingerprint density at radius 1 is 1.11 bits per heavy atom. The quantitative estimate of drug-likeness (QED) is 0.671. The molecule has 6 heteroatoms. The van der Waals surface area contributed by atoms with Crippen molar-refractivity contribution in [2.24, 2.45) is 0 Å². The van der Waals surface area contributed by atoms with E-state index in [2.05, 4.69) is 4.98 Å². The third-order valence-corrected chi connectivity index (χ3v) is 2.57. The highest BCUT2D eigenvalue weighted by Gasteiger charge is 2.31. The predicted octanol–water partition coefficient (Wildman–Crippen LogP) is 2.91. The molecule has 0 aliphatic heterocycles. The number of rotatable bonds is 2. The minimum Gasteiger partial charge on any atom is -0.398 e. The van der Waals surface area contributed by atoms with E-state index in [9.17, 15) is 18.0 Å². The maximum atomic E-state index is 12.6. The zero-order chi connectivity index (χ0) is 14.0. The molecular weight excluding hydrogens is 257 g/mol. The van der Waals surface area contributed by atoms with Gasteiger partial charge in [-0.05, 0) is 30.3 Å². The number of aromatic nitrogens is 1. The lowest BCUT2D eigenvalue weighted by molar-refractivity contribution is -0.137. The average Bonchev–Trinajstić information content (AvgIpc) is 2.38. The highest BCUT2D eigenvalue weighted by atomic mass is 19.4. The number of benzene rings is 1. The van der Waals surface area contributed by atoms with Crippen molar-refractivity contribution in [1.82, 2.24) is 4.98 Å². The molecule has 0 unspecified atom stereocenters. The molecule has 2 aromatic rings. The van der Waals surface area contributed by atoms with Crippen molar-refractivity contribution in [3.05, 3.63) is 59.4 Å². The van der Waals surface area contributed by atoms with Crippen molar-refractivity contribution in [2.45, 2.75) is 6.18 Å². The normalized spacial score (nSPS) is 11.3. The van der Waals surface area contributed by atoms with Gasteiger partial charge in [-0.25, -0.2) is 0 Å². The summed E-state index contributed by atoms with van der Waals surface area (Å²) in [6.07, 6.45) is -1.74. The molecule has 0 spiro atoms. The van der Waals surface area contributed by atoms with Gasteiger partial charge < -0.3 is 5.73 Å². The third-order valence-electron chi connectivity index (χ3n) is 2.57. The second kappa shape index (κ2) is 4.72. The topological polar surface area (TPSA) is 56.0 Å². The van der Waals surface area contributed by atoms with Crippen molar-refractivity contribution in [1.29, 1.82) is 0 Å². The maximum absolute atomic E-state index is 12.6. The molecule has 0 radical (unpaired) electrons. The molecule has 19 heavy (non-hydrogen) atoms. The summed E-state index contributed by atoms with van der Waals surface area (Å²) >= 11 is 0. The second-order valence-electron chi connectivity index (χ2n) is 3.86. The van der Waals surface area contributed by atoms with Crippen LogP contribution in [0.3, 0.4) is 0 Å². The fraction of sp³-hybridized carbons (Fsp3) is 0.0769. The Hall–Kier alpha value is -2.37.